The van der Waals surface area contributed by atoms with Gasteiger partial charge in [-0.3, -0.25) is 23.9 Å². The molecule has 1 fully saturated rings. The fraction of sp³-hybridized carbons (Fsp3) is 0.355. The van der Waals surface area contributed by atoms with Crippen LogP contribution in [0.2, 0.25) is 0 Å². The van der Waals surface area contributed by atoms with Crippen LogP contribution in [0.4, 0.5) is 5.82 Å². The molecule has 0 saturated carbocycles. The van der Waals surface area contributed by atoms with Crippen molar-refractivity contribution in [2.24, 2.45) is 5.92 Å². The number of anilines is 1. The number of fused-ring (bicyclic) bond motifs is 1. The van der Waals surface area contributed by atoms with Crippen LogP contribution in [0.15, 0.2) is 47.3 Å². The van der Waals surface area contributed by atoms with Crippen molar-refractivity contribution in [2.75, 3.05) is 26.0 Å². The van der Waals surface area contributed by atoms with Crippen molar-refractivity contribution < 1.29 is 19.2 Å². The van der Waals surface area contributed by atoms with Crippen LogP contribution in [-0.4, -0.2) is 84.7 Å². The standard InChI is InChI=1S/C31H33BrN8O4/c1-17-10-24(31(44)36-30-18(2)6-9-25(32)35-30)39(15-17)28(43)16-40-23-8-7-20(11-22(23)29(37-40)19(3)41)21-13-33-26(34-14-21)12-27(42)38(4)5/h6-9,11,13-14,17,24H,10,12,15-16H2,1-5H3,(H,35,36,44). The first-order valence-electron chi connectivity index (χ1n) is 14.2. The fourth-order valence-corrected chi connectivity index (χ4v) is 5.56. The zero-order valence-corrected chi connectivity index (χ0v) is 26.8. The molecule has 2 atom stereocenters. The molecule has 1 aromatic carbocycles. The smallest absolute Gasteiger partial charge is 0.248 e. The maximum absolute atomic E-state index is 13.6. The van der Waals surface area contributed by atoms with E-state index in [1.807, 2.05) is 32.0 Å². The number of carbonyl (C=O) groups excluding carboxylic acids is 4. The van der Waals surface area contributed by atoms with Crippen molar-refractivity contribution >= 4 is 56.2 Å². The number of amides is 3. The highest BCUT2D eigenvalue weighted by Gasteiger charge is 2.38. The van der Waals surface area contributed by atoms with Gasteiger partial charge in [-0.2, -0.15) is 5.10 Å². The minimum atomic E-state index is -0.658. The molecular formula is C31H33BrN8O4. The first kappa shape index (κ1) is 30.9. The molecule has 4 aromatic rings. The summed E-state index contributed by atoms with van der Waals surface area (Å²) in [6, 6.07) is 8.47. The molecule has 4 heterocycles. The summed E-state index contributed by atoms with van der Waals surface area (Å²) >= 11 is 3.34. The molecular weight excluding hydrogens is 628 g/mol. The molecule has 3 aromatic heterocycles. The molecule has 13 heteroatoms. The second-order valence-corrected chi connectivity index (χ2v) is 12.2. The Morgan fingerprint density at radius 1 is 1.07 bits per heavy atom. The summed E-state index contributed by atoms with van der Waals surface area (Å²) < 4.78 is 2.12. The minimum Gasteiger partial charge on any atom is -0.348 e. The van der Waals surface area contributed by atoms with Gasteiger partial charge in [-0.15, -0.1) is 0 Å². The number of nitrogens with zero attached hydrogens (tertiary/aromatic N) is 7. The largest absolute Gasteiger partial charge is 0.348 e. The first-order chi connectivity index (χ1) is 20.9. The first-order valence-corrected chi connectivity index (χ1v) is 15.0. The van der Waals surface area contributed by atoms with E-state index in [4.69, 9.17) is 0 Å². The Kier molecular flexibility index (Phi) is 8.86. The number of rotatable bonds is 8. The second-order valence-electron chi connectivity index (χ2n) is 11.3. The molecule has 0 spiro atoms. The van der Waals surface area contributed by atoms with Crippen molar-refractivity contribution in [3.8, 4) is 11.1 Å². The number of hydrogen-bond acceptors (Lipinski definition) is 8. The molecule has 3 amide bonds. The summed E-state index contributed by atoms with van der Waals surface area (Å²) in [6.07, 6.45) is 3.90. The van der Waals surface area contributed by atoms with E-state index in [-0.39, 0.29) is 48.1 Å². The average Bonchev–Trinajstić information content (AvgIpc) is 3.55. The molecule has 228 valence electrons. The van der Waals surface area contributed by atoms with Crippen LogP contribution < -0.4 is 5.32 Å². The van der Waals surface area contributed by atoms with Gasteiger partial charge in [0.1, 0.15) is 34.5 Å². The van der Waals surface area contributed by atoms with Gasteiger partial charge in [0.2, 0.25) is 17.7 Å². The number of benzene rings is 1. The lowest BCUT2D eigenvalue weighted by Gasteiger charge is -2.24. The van der Waals surface area contributed by atoms with Gasteiger partial charge in [-0.05, 0) is 64.5 Å². The van der Waals surface area contributed by atoms with Crippen molar-refractivity contribution in [2.45, 2.75) is 46.2 Å². The third-order valence-electron chi connectivity index (χ3n) is 7.65. The summed E-state index contributed by atoms with van der Waals surface area (Å²) in [5.74, 6) is 0.0816. The van der Waals surface area contributed by atoms with Crippen LogP contribution in [0.3, 0.4) is 0 Å². The monoisotopic (exact) mass is 660 g/mol. The van der Waals surface area contributed by atoms with Crippen LogP contribution in [0.25, 0.3) is 22.0 Å². The Labute approximate surface area is 263 Å². The van der Waals surface area contributed by atoms with Crippen LogP contribution in [0, 0.1) is 12.8 Å². The maximum atomic E-state index is 13.6. The van der Waals surface area contributed by atoms with E-state index in [0.717, 1.165) is 11.1 Å². The zero-order valence-electron chi connectivity index (χ0n) is 25.2. The molecule has 5 rings (SSSR count). The van der Waals surface area contributed by atoms with E-state index in [9.17, 15) is 19.2 Å². The van der Waals surface area contributed by atoms with Crippen molar-refractivity contribution in [1.29, 1.82) is 0 Å². The summed E-state index contributed by atoms with van der Waals surface area (Å²) in [6.45, 7) is 5.59. The Morgan fingerprint density at radius 2 is 1.80 bits per heavy atom. The van der Waals surface area contributed by atoms with E-state index >= 15 is 0 Å². The highest BCUT2D eigenvalue weighted by molar-refractivity contribution is 9.10. The van der Waals surface area contributed by atoms with Crippen LogP contribution in [0.1, 0.15) is 42.1 Å². The molecule has 0 aliphatic carbocycles. The lowest BCUT2D eigenvalue weighted by Crippen LogP contribution is -2.44. The Hall–Kier alpha value is -4.52. The lowest BCUT2D eigenvalue weighted by molar-refractivity contribution is -0.137. The van der Waals surface area contributed by atoms with Gasteiger partial charge < -0.3 is 15.1 Å². The Balaban J connectivity index is 1.38. The molecule has 0 radical (unpaired) electrons. The number of nitrogens with one attached hydrogen (secondary N) is 1. The third kappa shape index (κ3) is 6.52. The van der Waals surface area contributed by atoms with E-state index in [1.165, 1.54) is 16.5 Å². The summed E-state index contributed by atoms with van der Waals surface area (Å²) in [5.41, 5.74) is 3.14. The quantitative estimate of drug-likeness (QED) is 0.223. The number of pyridine rings is 1. The molecule has 1 saturated heterocycles. The predicted octanol–water partition coefficient (Wildman–Crippen LogP) is 3.67. The number of carbonyl (C=O) groups is 4. The van der Waals surface area contributed by atoms with Gasteiger partial charge in [0.05, 0.1) is 11.9 Å². The molecule has 1 N–H and O–H groups in total. The van der Waals surface area contributed by atoms with Crippen molar-refractivity contribution in [1.82, 2.24) is 34.5 Å². The van der Waals surface area contributed by atoms with Gasteiger partial charge in [-0.1, -0.05) is 19.1 Å². The summed E-state index contributed by atoms with van der Waals surface area (Å²) in [4.78, 5) is 67.6. The number of Topliss-reactive ketones (excluding diaryl/α,β-unsaturated/α-hetero) is 1. The summed E-state index contributed by atoms with van der Waals surface area (Å²) in [7, 11) is 3.35. The zero-order chi connectivity index (χ0) is 31.7. The van der Waals surface area contributed by atoms with E-state index in [0.29, 0.717) is 45.7 Å². The van der Waals surface area contributed by atoms with Gasteiger partial charge in [0, 0.05) is 50.9 Å². The van der Waals surface area contributed by atoms with Crippen molar-refractivity contribution in [3.05, 3.63) is 64.4 Å². The predicted molar refractivity (Wildman–Crippen MR) is 168 cm³/mol. The van der Waals surface area contributed by atoms with Gasteiger partial charge in [0.15, 0.2) is 5.78 Å². The van der Waals surface area contributed by atoms with Gasteiger partial charge in [0.25, 0.3) is 0 Å². The topological polar surface area (TPSA) is 143 Å². The molecule has 12 nitrogen and oxygen atoms in total. The van der Waals surface area contributed by atoms with E-state index < -0.39 is 6.04 Å². The number of likely N-dealkylation sites (N-methyl/N-ethyl adjacent to an activating group) is 1. The second kappa shape index (κ2) is 12.6. The third-order valence-corrected chi connectivity index (χ3v) is 8.10. The number of hydrogen-bond donors (Lipinski definition) is 1. The summed E-state index contributed by atoms with van der Waals surface area (Å²) in [5, 5.41) is 7.98. The highest BCUT2D eigenvalue weighted by Crippen LogP contribution is 2.29. The highest BCUT2D eigenvalue weighted by atomic mass is 79.9. The molecule has 2 unspecified atom stereocenters. The molecule has 1 aliphatic rings. The van der Waals surface area contributed by atoms with Crippen LogP contribution >= 0.6 is 15.9 Å². The number of halogens is 1. The molecule has 0 bridgehead atoms. The average molecular weight is 662 g/mol. The lowest BCUT2D eigenvalue weighted by atomic mass is 10.0. The fourth-order valence-electron chi connectivity index (χ4n) is 5.25. The number of aromatic nitrogens is 5. The molecule has 44 heavy (non-hydrogen) atoms. The normalized spacial score (nSPS) is 16.3. The molecule has 1 aliphatic heterocycles. The van der Waals surface area contributed by atoms with E-state index in [1.54, 1.807) is 43.5 Å². The van der Waals surface area contributed by atoms with Crippen LogP contribution in [-0.2, 0) is 27.3 Å². The minimum absolute atomic E-state index is 0.0977. The van der Waals surface area contributed by atoms with Crippen molar-refractivity contribution in [3.63, 3.8) is 0 Å². The SMILES string of the molecule is CC(=O)c1nn(CC(=O)N2CC(C)CC2C(=O)Nc2nc(Br)ccc2C)c2ccc(-c3cnc(CC(=O)N(C)C)nc3)cc12. The Bertz CT molecular complexity index is 1770. The number of ketones is 1. The van der Waals surface area contributed by atoms with Gasteiger partial charge >= 0.3 is 0 Å². The van der Waals surface area contributed by atoms with E-state index in [2.05, 4.69) is 41.3 Å². The maximum Gasteiger partial charge on any atom is 0.248 e. The Morgan fingerprint density at radius 3 is 2.48 bits per heavy atom. The van der Waals surface area contributed by atoms with Gasteiger partial charge in [-0.25, -0.2) is 15.0 Å². The number of likely N-dealkylation sites (tertiary alicyclic amines) is 1. The number of aryl methyl sites for hydroxylation is 1. The van der Waals surface area contributed by atoms with Crippen LogP contribution in [0.5, 0.6) is 0 Å².